The molecular formula is C21H19BrF4N2O3. The molecule has 31 heavy (non-hydrogen) atoms. The molecule has 1 aliphatic rings. The van der Waals surface area contributed by atoms with Crippen LogP contribution in [0.1, 0.15) is 39.4 Å². The van der Waals surface area contributed by atoms with Crippen LogP contribution in [0.2, 0.25) is 0 Å². The van der Waals surface area contributed by atoms with Crippen molar-refractivity contribution < 1.29 is 32.3 Å². The van der Waals surface area contributed by atoms with Crippen LogP contribution in [0.3, 0.4) is 0 Å². The van der Waals surface area contributed by atoms with Crippen molar-refractivity contribution in [1.82, 2.24) is 10.2 Å². The molecule has 2 N–H and O–H groups in total. The van der Waals surface area contributed by atoms with Gasteiger partial charge in [0.1, 0.15) is 5.82 Å². The van der Waals surface area contributed by atoms with Crippen molar-refractivity contribution in [2.24, 2.45) is 0 Å². The maximum Gasteiger partial charge on any atom is 0.416 e. The van der Waals surface area contributed by atoms with Crippen molar-refractivity contribution in [1.29, 1.82) is 0 Å². The summed E-state index contributed by atoms with van der Waals surface area (Å²) in [5, 5.41) is 12.1. The Morgan fingerprint density at radius 1 is 1.19 bits per heavy atom. The summed E-state index contributed by atoms with van der Waals surface area (Å²) < 4.78 is 53.5. The number of carbonyl (C=O) groups is 2. The highest BCUT2D eigenvalue weighted by Crippen LogP contribution is 2.33. The maximum absolute atomic E-state index is 14.1. The van der Waals surface area contributed by atoms with Gasteiger partial charge in [0.05, 0.1) is 5.56 Å². The highest BCUT2D eigenvalue weighted by molar-refractivity contribution is 9.10. The number of nitrogens with zero attached hydrogens (tertiary/aromatic N) is 1. The Hall–Kier alpha value is -2.62. The van der Waals surface area contributed by atoms with E-state index in [1.165, 1.54) is 17.0 Å². The number of likely N-dealkylation sites (tertiary alicyclic amines) is 1. The van der Waals surface area contributed by atoms with Crippen molar-refractivity contribution >= 4 is 27.9 Å². The van der Waals surface area contributed by atoms with Gasteiger partial charge >= 0.3 is 12.3 Å². The summed E-state index contributed by atoms with van der Waals surface area (Å²) in [5.41, 5.74) is -0.227. The van der Waals surface area contributed by atoms with E-state index in [2.05, 4.69) is 21.2 Å². The first-order chi connectivity index (χ1) is 14.5. The Balaban J connectivity index is 1.89. The van der Waals surface area contributed by atoms with E-state index in [0.717, 1.165) is 12.1 Å². The van der Waals surface area contributed by atoms with E-state index in [0.29, 0.717) is 11.1 Å². The molecule has 0 aromatic heterocycles. The van der Waals surface area contributed by atoms with Gasteiger partial charge in [0, 0.05) is 35.1 Å². The molecule has 166 valence electrons. The summed E-state index contributed by atoms with van der Waals surface area (Å²) in [6.45, 7) is 1.75. The molecule has 5 nitrogen and oxygen atoms in total. The average molecular weight is 503 g/mol. The normalized spacial score (nSPS) is 19.2. The highest BCUT2D eigenvalue weighted by atomic mass is 79.9. The van der Waals surface area contributed by atoms with E-state index in [1.54, 1.807) is 19.1 Å². The summed E-state index contributed by atoms with van der Waals surface area (Å²) in [6.07, 6.45) is -5.52. The monoisotopic (exact) mass is 502 g/mol. The van der Waals surface area contributed by atoms with Gasteiger partial charge in [0.15, 0.2) is 0 Å². The van der Waals surface area contributed by atoms with E-state index < -0.39 is 41.5 Å². The fraction of sp³-hybridized carbons (Fsp3) is 0.333. The van der Waals surface area contributed by atoms with Gasteiger partial charge in [-0.05, 0) is 48.7 Å². The minimum Gasteiger partial charge on any atom is -0.465 e. The molecule has 0 radical (unpaired) electrons. The lowest BCUT2D eigenvalue weighted by Crippen LogP contribution is -2.51. The molecule has 1 heterocycles. The van der Waals surface area contributed by atoms with Crippen molar-refractivity contribution in [3.05, 3.63) is 68.9 Å². The molecule has 10 heteroatoms. The molecule has 2 atom stereocenters. The molecule has 2 amide bonds. The molecule has 1 saturated heterocycles. The number of aryl methyl sites for hydroxylation is 1. The lowest BCUT2D eigenvalue weighted by atomic mass is 9.85. The largest absolute Gasteiger partial charge is 0.465 e. The van der Waals surface area contributed by atoms with Crippen LogP contribution in [0.5, 0.6) is 0 Å². The summed E-state index contributed by atoms with van der Waals surface area (Å²) in [6, 6.07) is 6.84. The molecular weight excluding hydrogens is 484 g/mol. The van der Waals surface area contributed by atoms with Gasteiger partial charge in [-0.3, -0.25) is 4.79 Å². The number of hydrogen-bond donors (Lipinski definition) is 2. The Bertz CT molecular complexity index is 1010. The number of benzene rings is 2. The van der Waals surface area contributed by atoms with Crippen LogP contribution in [0, 0.1) is 12.7 Å². The van der Waals surface area contributed by atoms with Crippen LogP contribution >= 0.6 is 15.9 Å². The Morgan fingerprint density at radius 2 is 1.90 bits per heavy atom. The standard InChI is InChI=1S/C21H19BrF4N2O3/c1-11-2-3-12(8-17(11)23)16-10-28(20(30)31)5-4-18(16)27-19(29)13-6-14(21(24,25)26)9-15(22)7-13/h2-3,6-9,16,18H,4-5,10H2,1H3,(H,27,29)(H,30,31). The van der Waals surface area contributed by atoms with Crippen LogP contribution in [0.25, 0.3) is 0 Å². The van der Waals surface area contributed by atoms with Crippen LogP contribution in [0.15, 0.2) is 40.9 Å². The summed E-state index contributed by atoms with van der Waals surface area (Å²) in [4.78, 5) is 25.4. The van der Waals surface area contributed by atoms with Crippen molar-refractivity contribution in [2.75, 3.05) is 13.1 Å². The highest BCUT2D eigenvalue weighted by Gasteiger charge is 2.35. The number of piperidine rings is 1. The molecule has 0 aliphatic carbocycles. The Kier molecular flexibility index (Phi) is 6.59. The van der Waals surface area contributed by atoms with E-state index in [1.807, 2.05) is 0 Å². The van der Waals surface area contributed by atoms with Gasteiger partial charge in [0.2, 0.25) is 0 Å². The lowest BCUT2D eigenvalue weighted by Gasteiger charge is -2.38. The van der Waals surface area contributed by atoms with Gasteiger partial charge in [0.25, 0.3) is 5.91 Å². The van der Waals surface area contributed by atoms with E-state index in [9.17, 15) is 32.3 Å². The number of amides is 2. The zero-order valence-electron chi connectivity index (χ0n) is 16.3. The SMILES string of the molecule is Cc1ccc(C2CN(C(=O)O)CCC2NC(=O)c2cc(Br)cc(C(F)(F)F)c2)cc1F. The van der Waals surface area contributed by atoms with Crippen LogP contribution in [-0.2, 0) is 6.18 Å². The van der Waals surface area contributed by atoms with Crippen molar-refractivity contribution in [3.63, 3.8) is 0 Å². The third kappa shape index (κ3) is 5.36. The second-order valence-electron chi connectivity index (χ2n) is 7.44. The van der Waals surface area contributed by atoms with Crippen LogP contribution < -0.4 is 5.32 Å². The van der Waals surface area contributed by atoms with E-state index in [4.69, 9.17) is 0 Å². The van der Waals surface area contributed by atoms with Crippen molar-refractivity contribution in [2.45, 2.75) is 31.5 Å². The van der Waals surface area contributed by atoms with E-state index in [-0.39, 0.29) is 29.5 Å². The fourth-order valence-corrected chi connectivity index (χ4v) is 4.11. The zero-order chi connectivity index (χ0) is 22.9. The number of nitrogens with one attached hydrogen (secondary N) is 1. The molecule has 1 aliphatic heterocycles. The van der Waals surface area contributed by atoms with Gasteiger partial charge in [-0.1, -0.05) is 28.1 Å². The molecule has 2 aromatic rings. The molecule has 1 fully saturated rings. The number of rotatable bonds is 3. The predicted molar refractivity (Wildman–Crippen MR) is 108 cm³/mol. The number of carbonyl (C=O) groups excluding carboxylic acids is 1. The summed E-state index contributed by atoms with van der Waals surface area (Å²) >= 11 is 2.99. The Morgan fingerprint density at radius 3 is 2.52 bits per heavy atom. The minimum absolute atomic E-state index is 0.0229. The quantitative estimate of drug-likeness (QED) is 0.568. The van der Waals surface area contributed by atoms with Gasteiger partial charge in [-0.2, -0.15) is 13.2 Å². The molecule has 2 aromatic carbocycles. The second-order valence-corrected chi connectivity index (χ2v) is 8.35. The predicted octanol–water partition coefficient (Wildman–Crippen LogP) is 5.18. The Labute approximate surface area is 184 Å². The molecule has 0 saturated carbocycles. The number of carboxylic acid groups (broad SMARTS) is 1. The molecule has 0 spiro atoms. The molecule has 3 rings (SSSR count). The second kappa shape index (κ2) is 8.86. The minimum atomic E-state index is -4.62. The smallest absolute Gasteiger partial charge is 0.416 e. The molecule has 0 bridgehead atoms. The maximum atomic E-state index is 14.1. The van der Waals surface area contributed by atoms with Gasteiger partial charge < -0.3 is 15.3 Å². The zero-order valence-corrected chi connectivity index (χ0v) is 17.9. The fourth-order valence-electron chi connectivity index (χ4n) is 3.61. The number of halogens is 5. The third-order valence-corrected chi connectivity index (χ3v) is 5.77. The lowest BCUT2D eigenvalue weighted by molar-refractivity contribution is -0.137. The first-order valence-corrected chi connectivity index (χ1v) is 10.2. The number of alkyl halides is 3. The van der Waals surface area contributed by atoms with Crippen molar-refractivity contribution in [3.8, 4) is 0 Å². The number of hydrogen-bond acceptors (Lipinski definition) is 2. The average Bonchev–Trinajstić information content (AvgIpc) is 2.69. The third-order valence-electron chi connectivity index (χ3n) is 5.31. The van der Waals surface area contributed by atoms with Gasteiger partial charge in [-0.15, -0.1) is 0 Å². The van der Waals surface area contributed by atoms with E-state index >= 15 is 0 Å². The summed E-state index contributed by atoms with van der Waals surface area (Å²) in [7, 11) is 0. The first-order valence-electron chi connectivity index (χ1n) is 9.38. The first kappa shape index (κ1) is 23.1. The topological polar surface area (TPSA) is 69.6 Å². The van der Waals surface area contributed by atoms with Gasteiger partial charge in [-0.25, -0.2) is 9.18 Å². The summed E-state index contributed by atoms with van der Waals surface area (Å²) in [5.74, 6) is -1.74. The molecule has 2 unspecified atom stereocenters. The van der Waals surface area contributed by atoms with Crippen LogP contribution in [-0.4, -0.2) is 41.1 Å². The van der Waals surface area contributed by atoms with Crippen LogP contribution in [0.4, 0.5) is 22.4 Å².